The average molecular weight is 288 g/mol. The summed E-state index contributed by atoms with van der Waals surface area (Å²) in [4.78, 5) is 14.1. The Hall–Kier alpha value is -1.46. The van der Waals surface area contributed by atoms with E-state index < -0.39 is 12.0 Å². The lowest BCUT2D eigenvalue weighted by Gasteiger charge is -2.14. The van der Waals surface area contributed by atoms with Gasteiger partial charge in [-0.15, -0.1) is 0 Å². The summed E-state index contributed by atoms with van der Waals surface area (Å²) >= 11 is 5.53. The number of hydrogen-bond acceptors (Lipinski definition) is 5. The molecule has 0 amide bonds. The Morgan fingerprint density at radius 3 is 2.74 bits per heavy atom. The van der Waals surface area contributed by atoms with E-state index in [0.29, 0.717) is 12.2 Å². The second kappa shape index (κ2) is 7.86. The van der Waals surface area contributed by atoms with Crippen molar-refractivity contribution in [2.75, 3.05) is 6.61 Å². The molecule has 0 aliphatic carbocycles. The molecule has 0 saturated heterocycles. The molecule has 0 fully saturated rings. The van der Waals surface area contributed by atoms with Crippen molar-refractivity contribution >= 4 is 17.7 Å². The Bertz CT molecular complexity index is 425. The van der Waals surface area contributed by atoms with Crippen LogP contribution in [0.5, 0.6) is 11.5 Å². The molecule has 0 radical (unpaired) electrons. The molecular formula is C13H18ClNO4. The van der Waals surface area contributed by atoms with Gasteiger partial charge in [0, 0.05) is 0 Å². The quantitative estimate of drug-likeness (QED) is 0.310. The summed E-state index contributed by atoms with van der Waals surface area (Å²) in [6.07, 6.45) is 2.02. The van der Waals surface area contributed by atoms with Crippen molar-refractivity contribution in [3.8, 4) is 11.5 Å². The first-order valence-corrected chi connectivity index (χ1v) is 6.50. The van der Waals surface area contributed by atoms with Gasteiger partial charge in [-0.05, 0) is 42.3 Å². The van der Waals surface area contributed by atoms with E-state index >= 15 is 0 Å². The van der Waals surface area contributed by atoms with Crippen LogP contribution in [0.2, 0.25) is 0 Å². The van der Waals surface area contributed by atoms with Gasteiger partial charge in [-0.2, -0.15) is 0 Å². The second-order valence-corrected chi connectivity index (χ2v) is 4.43. The minimum Gasteiger partial charge on any atom is -0.504 e. The lowest BCUT2D eigenvalue weighted by molar-refractivity contribution is -0.145. The maximum atomic E-state index is 11.7. The molecule has 106 valence electrons. The van der Waals surface area contributed by atoms with Crippen LogP contribution in [0.25, 0.3) is 0 Å². The normalized spacial score (nSPS) is 12.1. The van der Waals surface area contributed by atoms with E-state index in [9.17, 15) is 15.0 Å². The minimum absolute atomic E-state index is 0.204. The van der Waals surface area contributed by atoms with Crippen molar-refractivity contribution in [1.82, 2.24) is 4.84 Å². The fourth-order valence-electron chi connectivity index (χ4n) is 1.52. The summed E-state index contributed by atoms with van der Waals surface area (Å²) in [6, 6.07) is 3.66. The van der Waals surface area contributed by atoms with Crippen LogP contribution in [0, 0.1) is 0 Å². The molecule has 1 atom stereocenters. The fraction of sp³-hybridized carbons (Fsp3) is 0.462. The van der Waals surface area contributed by atoms with Gasteiger partial charge in [0.05, 0.1) is 6.61 Å². The molecule has 0 aromatic heterocycles. The van der Waals surface area contributed by atoms with Gasteiger partial charge in [0.2, 0.25) is 0 Å². The highest BCUT2D eigenvalue weighted by Gasteiger charge is 2.19. The van der Waals surface area contributed by atoms with E-state index in [2.05, 4.69) is 4.84 Å². The van der Waals surface area contributed by atoms with Gasteiger partial charge >= 0.3 is 5.97 Å². The van der Waals surface area contributed by atoms with Crippen LogP contribution in [0.1, 0.15) is 25.3 Å². The standard InChI is InChI=1S/C13H18ClNO4/c1-2-3-6-19-13(18)10(15-14)7-9-4-5-11(16)12(17)8-9/h4-5,8,10,15-17H,2-3,6-7H2,1H3. The number of benzene rings is 1. The van der Waals surface area contributed by atoms with E-state index in [-0.39, 0.29) is 17.9 Å². The summed E-state index contributed by atoms with van der Waals surface area (Å²) in [7, 11) is 0. The zero-order valence-corrected chi connectivity index (χ0v) is 11.5. The molecule has 6 heteroatoms. The third-order valence-corrected chi connectivity index (χ3v) is 2.90. The monoisotopic (exact) mass is 287 g/mol. The number of carbonyl (C=O) groups excluding carboxylic acids is 1. The lowest BCUT2D eigenvalue weighted by Crippen LogP contribution is -2.34. The average Bonchev–Trinajstić information content (AvgIpc) is 2.40. The van der Waals surface area contributed by atoms with Crippen LogP contribution in [0.15, 0.2) is 18.2 Å². The molecule has 1 rings (SSSR count). The Labute approximate surface area is 117 Å². The summed E-state index contributed by atoms with van der Waals surface area (Å²) in [5, 5.41) is 18.6. The van der Waals surface area contributed by atoms with Gasteiger partial charge < -0.3 is 14.9 Å². The van der Waals surface area contributed by atoms with Gasteiger partial charge in [0.25, 0.3) is 0 Å². The van der Waals surface area contributed by atoms with E-state index in [4.69, 9.17) is 16.5 Å². The number of ether oxygens (including phenoxy) is 1. The summed E-state index contributed by atoms with van der Waals surface area (Å²) in [5.74, 6) is -0.870. The van der Waals surface area contributed by atoms with Crippen molar-refractivity contribution in [2.45, 2.75) is 32.2 Å². The van der Waals surface area contributed by atoms with Crippen molar-refractivity contribution in [3.63, 3.8) is 0 Å². The van der Waals surface area contributed by atoms with Gasteiger partial charge in [0.1, 0.15) is 6.04 Å². The zero-order valence-electron chi connectivity index (χ0n) is 10.7. The van der Waals surface area contributed by atoms with Crippen molar-refractivity contribution in [1.29, 1.82) is 0 Å². The number of aromatic hydroxyl groups is 2. The topological polar surface area (TPSA) is 78.8 Å². The Kier molecular flexibility index (Phi) is 6.45. The molecule has 1 unspecified atom stereocenters. The zero-order chi connectivity index (χ0) is 14.3. The smallest absolute Gasteiger partial charge is 0.324 e. The van der Waals surface area contributed by atoms with E-state index in [1.165, 1.54) is 12.1 Å². The van der Waals surface area contributed by atoms with Gasteiger partial charge in [-0.3, -0.25) is 4.79 Å². The third-order valence-electron chi connectivity index (χ3n) is 2.64. The van der Waals surface area contributed by atoms with Crippen molar-refractivity contribution < 1.29 is 19.7 Å². The van der Waals surface area contributed by atoms with Crippen LogP contribution in [0.3, 0.4) is 0 Å². The van der Waals surface area contributed by atoms with E-state index in [1.54, 1.807) is 6.07 Å². The SMILES string of the molecule is CCCCOC(=O)C(Cc1ccc(O)c(O)c1)NCl. The van der Waals surface area contributed by atoms with E-state index in [1.807, 2.05) is 6.92 Å². The molecule has 0 heterocycles. The Morgan fingerprint density at radius 1 is 1.42 bits per heavy atom. The molecule has 1 aromatic carbocycles. The Morgan fingerprint density at radius 2 is 2.16 bits per heavy atom. The van der Waals surface area contributed by atoms with Gasteiger partial charge in [-0.1, -0.05) is 19.4 Å². The largest absolute Gasteiger partial charge is 0.504 e. The number of esters is 1. The van der Waals surface area contributed by atoms with Crippen molar-refractivity contribution in [2.24, 2.45) is 0 Å². The molecule has 1 aromatic rings. The first-order chi connectivity index (χ1) is 9.08. The number of halogens is 1. The first kappa shape index (κ1) is 15.6. The number of hydrogen-bond donors (Lipinski definition) is 3. The van der Waals surface area contributed by atoms with Crippen LogP contribution < -0.4 is 4.84 Å². The number of nitrogens with one attached hydrogen (secondary N) is 1. The number of phenolic OH excluding ortho intramolecular Hbond substituents is 2. The fourth-order valence-corrected chi connectivity index (χ4v) is 1.68. The Balaban J connectivity index is 2.60. The number of rotatable bonds is 7. The predicted molar refractivity (Wildman–Crippen MR) is 72.1 cm³/mol. The second-order valence-electron chi connectivity index (χ2n) is 4.21. The number of phenols is 2. The third kappa shape index (κ3) is 4.96. The molecule has 0 aliphatic rings. The number of unbranched alkanes of at least 4 members (excludes halogenated alkanes) is 1. The summed E-state index contributed by atoms with van der Waals surface area (Å²) in [5.41, 5.74) is 0.667. The van der Waals surface area contributed by atoms with Crippen LogP contribution in [-0.2, 0) is 16.0 Å². The maximum Gasteiger partial charge on any atom is 0.324 e. The summed E-state index contributed by atoms with van der Waals surface area (Å²) < 4.78 is 5.06. The molecular weight excluding hydrogens is 270 g/mol. The highest BCUT2D eigenvalue weighted by molar-refractivity contribution is 6.14. The molecule has 0 bridgehead atoms. The first-order valence-electron chi connectivity index (χ1n) is 6.12. The van der Waals surface area contributed by atoms with Crippen LogP contribution in [0.4, 0.5) is 0 Å². The van der Waals surface area contributed by atoms with Gasteiger partial charge in [-0.25, -0.2) is 4.84 Å². The maximum absolute atomic E-state index is 11.7. The predicted octanol–water partition coefficient (Wildman–Crippen LogP) is 2.10. The molecule has 3 N–H and O–H groups in total. The lowest BCUT2D eigenvalue weighted by atomic mass is 10.1. The summed E-state index contributed by atoms with van der Waals surface area (Å²) in [6.45, 7) is 2.37. The highest BCUT2D eigenvalue weighted by Crippen LogP contribution is 2.25. The molecule has 0 saturated carbocycles. The van der Waals surface area contributed by atoms with Gasteiger partial charge in [0.15, 0.2) is 11.5 Å². The van der Waals surface area contributed by atoms with Crippen molar-refractivity contribution in [3.05, 3.63) is 23.8 Å². The molecule has 0 spiro atoms. The molecule has 19 heavy (non-hydrogen) atoms. The van der Waals surface area contributed by atoms with Crippen LogP contribution in [-0.4, -0.2) is 28.8 Å². The number of carbonyl (C=O) groups is 1. The van der Waals surface area contributed by atoms with Crippen LogP contribution >= 0.6 is 11.8 Å². The molecule has 0 aliphatic heterocycles. The minimum atomic E-state index is -0.692. The molecule has 5 nitrogen and oxygen atoms in total. The highest BCUT2D eigenvalue weighted by atomic mass is 35.5. The van der Waals surface area contributed by atoms with E-state index in [0.717, 1.165) is 12.8 Å².